The number of carbonyl (C=O) groups is 2. The maximum absolute atomic E-state index is 14.2. The number of nitrogens with one attached hydrogen (secondary N) is 1. The number of hydrogen-bond acceptors (Lipinski definition) is 6. The molecule has 0 spiro atoms. The summed E-state index contributed by atoms with van der Waals surface area (Å²) < 4.78 is 31.9. The number of allylic oxidation sites excluding steroid dienone is 2. The number of halogens is 2. The molecule has 0 aromatic heterocycles. The van der Waals surface area contributed by atoms with Crippen LogP contribution in [0, 0.1) is 9.39 Å². The molecule has 0 radical (unpaired) electrons. The number of fused-ring (bicyclic) bond motifs is 2. The van der Waals surface area contributed by atoms with Crippen molar-refractivity contribution in [2.75, 3.05) is 13.7 Å². The maximum atomic E-state index is 14.2. The normalized spacial score (nSPS) is 16.1. The van der Waals surface area contributed by atoms with Crippen LogP contribution in [0.5, 0.6) is 11.5 Å². The van der Waals surface area contributed by atoms with Gasteiger partial charge < -0.3 is 19.5 Å². The number of hydrogen-bond donors (Lipinski definition) is 1. The third-order valence-corrected chi connectivity index (χ3v) is 7.46. The molecule has 38 heavy (non-hydrogen) atoms. The highest BCUT2D eigenvalue weighted by Gasteiger charge is 2.43. The lowest BCUT2D eigenvalue weighted by Gasteiger charge is -2.30. The van der Waals surface area contributed by atoms with Crippen molar-refractivity contribution in [1.29, 1.82) is 0 Å². The van der Waals surface area contributed by atoms with Crippen LogP contribution < -0.4 is 14.8 Å². The Bertz CT molecular complexity index is 1530. The van der Waals surface area contributed by atoms with E-state index in [-0.39, 0.29) is 24.8 Å². The number of carbonyl (C=O) groups excluding carboxylic acids is 2. The van der Waals surface area contributed by atoms with Gasteiger partial charge in [0.2, 0.25) is 0 Å². The Morgan fingerprint density at radius 1 is 1.08 bits per heavy atom. The maximum Gasteiger partial charge on any atom is 0.336 e. The molecule has 1 heterocycles. The van der Waals surface area contributed by atoms with Gasteiger partial charge in [-0.25, -0.2) is 9.18 Å². The fourth-order valence-corrected chi connectivity index (χ4v) is 5.73. The summed E-state index contributed by atoms with van der Waals surface area (Å²) in [6.45, 7) is 3.77. The zero-order valence-electron chi connectivity index (χ0n) is 21.1. The average Bonchev–Trinajstić information content (AvgIpc) is 3.19. The zero-order chi connectivity index (χ0) is 27.0. The topological polar surface area (TPSA) is 73.9 Å². The van der Waals surface area contributed by atoms with Crippen molar-refractivity contribution in [2.24, 2.45) is 0 Å². The van der Waals surface area contributed by atoms with Crippen molar-refractivity contribution in [3.8, 4) is 11.5 Å². The lowest BCUT2D eigenvalue weighted by molar-refractivity contribution is -0.138. The number of methoxy groups -OCH3 is 1. The van der Waals surface area contributed by atoms with Gasteiger partial charge in [-0.15, -0.1) is 0 Å². The summed E-state index contributed by atoms with van der Waals surface area (Å²) in [7, 11) is 1.52. The Hall–Kier alpha value is -3.66. The van der Waals surface area contributed by atoms with Crippen LogP contribution in [0.25, 0.3) is 5.70 Å². The highest BCUT2D eigenvalue weighted by Crippen LogP contribution is 2.48. The largest absolute Gasteiger partial charge is 0.493 e. The lowest BCUT2D eigenvalue weighted by Crippen LogP contribution is -2.29. The molecule has 1 N–H and O–H groups in total. The van der Waals surface area contributed by atoms with Crippen LogP contribution in [-0.2, 0) is 16.1 Å². The summed E-state index contributed by atoms with van der Waals surface area (Å²) >= 11 is 2.13. The van der Waals surface area contributed by atoms with E-state index in [9.17, 15) is 14.0 Å². The molecule has 0 saturated heterocycles. The Morgan fingerprint density at radius 3 is 2.50 bits per heavy atom. The van der Waals surface area contributed by atoms with Gasteiger partial charge in [-0.2, -0.15) is 0 Å². The van der Waals surface area contributed by atoms with Gasteiger partial charge in [-0.1, -0.05) is 42.5 Å². The summed E-state index contributed by atoms with van der Waals surface area (Å²) in [6, 6.07) is 17.4. The molecule has 5 rings (SSSR count). The molecule has 0 saturated carbocycles. The Kier molecular flexibility index (Phi) is 7.25. The third kappa shape index (κ3) is 4.47. The molecule has 194 valence electrons. The second-order valence-corrected chi connectivity index (χ2v) is 10.1. The smallest absolute Gasteiger partial charge is 0.336 e. The number of esters is 1. The van der Waals surface area contributed by atoms with Gasteiger partial charge >= 0.3 is 5.97 Å². The molecule has 8 heteroatoms. The molecular weight excluding hydrogens is 600 g/mol. The predicted molar refractivity (Wildman–Crippen MR) is 149 cm³/mol. The number of ether oxygens (including phenoxy) is 3. The van der Waals surface area contributed by atoms with Crippen molar-refractivity contribution in [1.82, 2.24) is 5.32 Å². The summed E-state index contributed by atoms with van der Waals surface area (Å²) in [5.74, 6) is -0.821. The average molecular weight is 625 g/mol. The first-order valence-electron chi connectivity index (χ1n) is 12.1. The molecule has 0 amide bonds. The molecule has 6 nitrogen and oxygen atoms in total. The molecule has 1 aliphatic carbocycles. The molecule has 0 bridgehead atoms. The van der Waals surface area contributed by atoms with E-state index >= 15 is 0 Å². The summed E-state index contributed by atoms with van der Waals surface area (Å²) in [5.41, 5.74) is 4.63. The molecule has 1 atom stereocenters. The minimum atomic E-state index is -0.687. The van der Waals surface area contributed by atoms with Gasteiger partial charge in [0.05, 0.1) is 28.6 Å². The standard InChI is InChI=1S/C30H25FINO5/c1-4-37-30(35)24-16(2)33-27-19-10-6-7-11-20(19)28(34)26(27)25(24)18-13-22(32)29(23(14-18)36-3)38-15-17-9-5-8-12-21(17)31/h5-14,25,33H,4,15H2,1-3H3/t25-/m1/s1. The van der Waals surface area contributed by atoms with Crippen LogP contribution in [0.4, 0.5) is 4.39 Å². The fourth-order valence-electron chi connectivity index (χ4n) is 4.95. The van der Waals surface area contributed by atoms with Crippen molar-refractivity contribution in [3.05, 3.63) is 109 Å². The second-order valence-electron chi connectivity index (χ2n) is 8.89. The van der Waals surface area contributed by atoms with Crippen LogP contribution in [0.15, 0.2) is 77.5 Å². The third-order valence-electron chi connectivity index (χ3n) is 6.66. The van der Waals surface area contributed by atoms with Gasteiger partial charge in [0.15, 0.2) is 17.3 Å². The monoisotopic (exact) mass is 625 g/mol. The van der Waals surface area contributed by atoms with E-state index in [4.69, 9.17) is 14.2 Å². The van der Waals surface area contributed by atoms with Crippen molar-refractivity contribution in [2.45, 2.75) is 26.4 Å². The van der Waals surface area contributed by atoms with Crippen LogP contribution in [0.3, 0.4) is 0 Å². The minimum Gasteiger partial charge on any atom is -0.493 e. The molecule has 3 aromatic rings. The molecule has 1 aliphatic heterocycles. The van der Waals surface area contributed by atoms with E-state index in [1.54, 1.807) is 37.3 Å². The van der Waals surface area contributed by atoms with E-state index in [1.165, 1.54) is 13.2 Å². The lowest BCUT2D eigenvalue weighted by atomic mass is 9.79. The van der Waals surface area contributed by atoms with Gasteiger partial charge in [-0.05, 0) is 60.2 Å². The van der Waals surface area contributed by atoms with E-state index in [0.717, 1.165) is 5.56 Å². The van der Waals surface area contributed by atoms with Crippen LogP contribution in [-0.4, -0.2) is 25.5 Å². The second kappa shape index (κ2) is 10.6. The Balaban J connectivity index is 1.61. The Labute approximate surface area is 233 Å². The van der Waals surface area contributed by atoms with Gasteiger partial charge in [0.1, 0.15) is 12.4 Å². The van der Waals surface area contributed by atoms with Gasteiger partial charge in [0, 0.05) is 33.9 Å². The van der Waals surface area contributed by atoms with Crippen LogP contribution in [0.1, 0.15) is 46.8 Å². The number of rotatable bonds is 7. The van der Waals surface area contributed by atoms with E-state index in [2.05, 4.69) is 27.9 Å². The van der Waals surface area contributed by atoms with E-state index in [1.807, 2.05) is 31.2 Å². The van der Waals surface area contributed by atoms with Gasteiger partial charge in [-0.3, -0.25) is 4.79 Å². The SMILES string of the molecule is CCOC(=O)C1=C(C)NC2=C(C(=O)c3ccccc32)[C@@H]1c1cc(I)c(OCc2ccccc2F)c(OC)c1. The molecule has 2 aliphatic rings. The highest BCUT2D eigenvalue weighted by molar-refractivity contribution is 14.1. The van der Waals surface area contributed by atoms with Crippen molar-refractivity contribution >= 4 is 40.0 Å². The predicted octanol–water partition coefficient (Wildman–Crippen LogP) is 6.15. The van der Waals surface area contributed by atoms with Crippen molar-refractivity contribution in [3.63, 3.8) is 0 Å². The molecule has 0 unspecified atom stereocenters. The first kappa shape index (κ1) is 26.0. The minimum absolute atomic E-state index is 0.0158. The van der Waals surface area contributed by atoms with E-state index in [0.29, 0.717) is 54.3 Å². The fraction of sp³-hybridized carbons (Fsp3) is 0.200. The summed E-state index contributed by atoms with van der Waals surface area (Å²) in [6.07, 6.45) is 0. The van der Waals surface area contributed by atoms with Gasteiger partial charge in [0.25, 0.3) is 0 Å². The Morgan fingerprint density at radius 2 is 1.79 bits per heavy atom. The first-order chi connectivity index (χ1) is 18.3. The first-order valence-corrected chi connectivity index (χ1v) is 13.2. The number of dihydropyridines is 1. The van der Waals surface area contributed by atoms with Crippen LogP contribution >= 0.6 is 22.6 Å². The molecular formula is C30H25FINO5. The van der Waals surface area contributed by atoms with E-state index < -0.39 is 11.9 Å². The number of ketones is 1. The van der Waals surface area contributed by atoms with Crippen molar-refractivity contribution < 1.29 is 28.2 Å². The quantitative estimate of drug-likeness (QED) is 0.251. The molecule has 3 aromatic carbocycles. The zero-order valence-corrected chi connectivity index (χ0v) is 23.2. The summed E-state index contributed by atoms with van der Waals surface area (Å²) in [5, 5.41) is 3.30. The number of Topliss-reactive ketones (excluding diaryl/α,β-unsaturated/α-hetero) is 1. The number of benzene rings is 3. The summed E-state index contributed by atoms with van der Waals surface area (Å²) in [4.78, 5) is 26.9. The highest BCUT2D eigenvalue weighted by atomic mass is 127. The molecule has 0 fully saturated rings. The van der Waals surface area contributed by atoms with Crippen LogP contribution in [0.2, 0.25) is 0 Å².